The number of hydrogen-bond donors (Lipinski definition) is 0. The van der Waals surface area contributed by atoms with E-state index >= 15 is 0 Å². The van der Waals surface area contributed by atoms with Gasteiger partial charge in [0, 0.05) is 0 Å². The van der Waals surface area contributed by atoms with Crippen LogP contribution in [0.4, 0.5) is 0 Å². The van der Waals surface area contributed by atoms with E-state index in [2.05, 4.69) is 152 Å². The largest absolute Gasteiger partial charge is 0.0622 e. The van der Waals surface area contributed by atoms with Crippen LogP contribution < -0.4 is 15.9 Å². The quantitative estimate of drug-likeness (QED) is 0.227. The molecule has 0 aliphatic rings. The van der Waals surface area contributed by atoms with Gasteiger partial charge in [0.25, 0.3) is 0 Å². The lowest BCUT2D eigenvalue weighted by Gasteiger charge is -2.23. The Kier molecular flexibility index (Phi) is 5.97. The molecule has 6 rings (SSSR count). The maximum absolute atomic E-state index is 2.32. The van der Waals surface area contributed by atoms with Crippen molar-refractivity contribution in [3.05, 3.63) is 152 Å². The molecule has 0 radical (unpaired) electrons. The zero-order chi connectivity index (χ0) is 23.5. The Labute approximate surface area is 208 Å². The smallest absolute Gasteiger partial charge is 0.00724 e. The van der Waals surface area contributed by atoms with E-state index in [1.165, 1.54) is 48.9 Å². The minimum atomic E-state index is -0.697. The van der Waals surface area contributed by atoms with E-state index in [4.69, 9.17) is 0 Å². The van der Waals surface area contributed by atoms with Crippen LogP contribution in [0.5, 0.6) is 0 Å². The van der Waals surface area contributed by atoms with Crippen LogP contribution >= 0.6 is 7.92 Å². The van der Waals surface area contributed by atoms with Crippen molar-refractivity contribution in [3.8, 4) is 22.3 Å². The molecule has 0 spiro atoms. The molecular formula is C34H25P. The molecule has 0 aliphatic carbocycles. The highest BCUT2D eigenvalue weighted by Crippen LogP contribution is 2.40. The number of fused-ring (bicyclic) bond motifs is 1. The average Bonchev–Trinajstić information content (AvgIpc) is 2.95. The summed E-state index contributed by atoms with van der Waals surface area (Å²) in [4.78, 5) is 0. The van der Waals surface area contributed by atoms with Crippen molar-refractivity contribution in [2.75, 3.05) is 0 Å². The van der Waals surface area contributed by atoms with Gasteiger partial charge < -0.3 is 0 Å². The normalized spacial score (nSPS) is 11.1. The van der Waals surface area contributed by atoms with Gasteiger partial charge in [0.05, 0.1) is 0 Å². The zero-order valence-electron chi connectivity index (χ0n) is 19.4. The predicted molar refractivity (Wildman–Crippen MR) is 154 cm³/mol. The van der Waals surface area contributed by atoms with E-state index in [9.17, 15) is 0 Å². The van der Waals surface area contributed by atoms with Gasteiger partial charge in [-0.15, -0.1) is 0 Å². The van der Waals surface area contributed by atoms with Gasteiger partial charge >= 0.3 is 0 Å². The number of rotatable bonds is 5. The average molecular weight is 465 g/mol. The third-order valence-electron chi connectivity index (χ3n) is 6.47. The van der Waals surface area contributed by atoms with Crippen LogP contribution in [-0.2, 0) is 0 Å². The van der Waals surface area contributed by atoms with Crippen LogP contribution in [0.25, 0.3) is 33.0 Å². The van der Waals surface area contributed by atoms with Crippen LogP contribution in [0.3, 0.4) is 0 Å². The molecule has 0 amide bonds. The second-order valence-electron chi connectivity index (χ2n) is 8.60. The van der Waals surface area contributed by atoms with Gasteiger partial charge in [-0.2, -0.15) is 0 Å². The molecule has 0 saturated carbocycles. The van der Waals surface area contributed by atoms with Crippen LogP contribution in [0.1, 0.15) is 0 Å². The zero-order valence-corrected chi connectivity index (χ0v) is 20.3. The molecule has 0 fully saturated rings. The number of hydrogen-bond acceptors (Lipinski definition) is 0. The first-order chi connectivity index (χ1) is 17.4. The van der Waals surface area contributed by atoms with Crippen molar-refractivity contribution < 1.29 is 0 Å². The van der Waals surface area contributed by atoms with Crippen molar-refractivity contribution >= 4 is 34.6 Å². The minimum Gasteiger partial charge on any atom is -0.0622 e. The van der Waals surface area contributed by atoms with Gasteiger partial charge in [-0.1, -0.05) is 152 Å². The highest BCUT2D eigenvalue weighted by molar-refractivity contribution is 7.80. The van der Waals surface area contributed by atoms with Crippen molar-refractivity contribution in [1.29, 1.82) is 0 Å². The van der Waals surface area contributed by atoms with E-state index in [0.717, 1.165) is 0 Å². The molecule has 166 valence electrons. The molecule has 0 nitrogen and oxygen atoms in total. The van der Waals surface area contributed by atoms with Gasteiger partial charge in [-0.3, -0.25) is 0 Å². The predicted octanol–water partition coefficient (Wildman–Crippen LogP) is 7.93. The molecule has 0 unspecified atom stereocenters. The molecular weight excluding hydrogens is 439 g/mol. The van der Waals surface area contributed by atoms with E-state index in [1.54, 1.807) is 0 Å². The third-order valence-corrected chi connectivity index (χ3v) is 8.97. The van der Waals surface area contributed by atoms with E-state index in [-0.39, 0.29) is 0 Å². The van der Waals surface area contributed by atoms with Gasteiger partial charge in [-0.05, 0) is 56.9 Å². The van der Waals surface area contributed by atoms with E-state index in [1.807, 2.05) is 0 Å². The summed E-state index contributed by atoms with van der Waals surface area (Å²) in [6.07, 6.45) is 0. The van der Waals surface area contributed by atoms with Crippen molar-refractivity contribution in [3.63, 3.8) is 0 Å². The van der Waals surface area contributed by atoms with Gasteiger partial charge in [-0.25, -0.2) is 0 Å². The first kappa shape index (κ1) is 21.5. The molecule has 35 heavy (non-hydrogen) atoms. The molecule has 0 aromatic heterocycles. The second-order valence-corrected chi connectivity index (χ2v) is 10.8. The molecule has 0 N–H and O–H groups in total. The summed E-state index contributed by atoms with van der Waals surface area (Å²) in [5, 5.41) is 6.70. The molecule has 0 bridgehead atoms. The summed E-state index contributed by atoms with van der Waals surface area (Å²) in [5.41, 5.74) is 5.12. The maximum Gasteiger partial charge on any atom is -0.00724 e. The van der Waals surface area contributed by atoms with Crippen LogP contribution in [0.15, 0.2) is 152 Å². The summed E-state index contributed by atoms with van der Waals surface area (Å²) in [5.74, 6) is 0. The van der Waals surface area contributed by atoms with Crippen molar-refractivity contribution in [1.82, 2.24) is 0 Å². The fraction of sp³-hybridized carbons (Fsp3) is 0. The Morgan fingerprint density at radius 2 is 0.771 bits per heavy atom. The summed E-state index contributed by atoms with van der Waals surface area (Å²) in [7, 11) is -0.697. The van der Waals surface area contributed by atoms with E-state index < -0.39 is 7.92 Å². The lowest BCUT2D eigenvalue weighted by atomic mass is 9.92. The molecule has 6 aromatic carbocycles. The summed E-state index contributed by atoms with van der Waals surface area (Å²) < 4.78 is 0. The topological polar surface area (TPSA) is 0 Å². The fourth-order valence-electron chi connectivity index (χ4n) is 4.88. The van der Waals surface area contributed by atoms with Gasteiger partial charge in [0.2, 0.25) is 0 Å². The SMILES string of the molecule is c1ccc(-c2ccc(-c3ccccc3P(c3ccccc3)c3ccccc3)c3ccccc23)cc1. The van der Waals surface area contributed by atoms with Crippen LogP contribution in [-0.4, -0.2) is 0 Å². The van der Waals surface area contributed by atoms with Crippen LogP contribution in [0, 0.1) is 0 Å². The lowest BCUT2D eigenvalue weighted by molar-refractivity contribution is 1.64. The Balaban J connectivity index is 1.59. The second kappa shape index (κ2) is 9.71. The third kappa shape index (κ3) is 4.18. The Morgan fingerprint density at radius 3 is 1.40 bits per heavy atom. The summed E-state index contributed by atoms with van der Waals surface area (Å²) >= 11 is 0. The van der Waals surface area contributed by atoms with E-state index in [0.29, 0.717) is 0 Å². The first-order valence-electron chi connectivity index (χ1n) is 12.0. The van der Waals surface area contributed by atoms with Crippen molar-refractivity contribution in [2.24, 2.45) is 0 Å². The Hall–Kier alpha value is -3.99. The maximum atomic E-state index is 2.32. The molecule has 0 aliphatic heterocycles. The Morgan fingerprint density at radius 1 is 0.314 bits per heavy atom. The van der Waals surface area contributed by atoms with Crippen LogP contribution in [0.2, 0.25) is 0 Å². The molecule has 1 heteroatoms. The first-order valence-corrected chi connectivity index (χ1v) is 13.3. The van der Waals surface area contributed by atoms with Crippen molar-refractivity contribution in [2.45, 2.75) is 0 Å². The highest BCUT2D eigenvalue weighted by Gasteiger charge is 2.21. The highest BCUT2D eigenvalue weighted by atomic mass is 31.1. The summed E-state index contributed by atoms with van der Waals surface area (Å²) in [6.45, 7) is 0. The lowest BCUT2D eigenvalue weighted by Crippen LogP contribution is -2.22. The Bertz CT molecular complexity index is 1530. The molecule has 0 heterocycles. The van der Waals surface area contributed by atoms with Gasteiger partial charge in [0.15, 0.2) is 0 Å². The minimum absolute atomic E-state index is 0.697. The molecule has 6 aromatic rings. The molecule has 0 atom stereocenters. The monoisotopic (exact) mass is 464 g/mol. The number of benzene rings is 6. The molecule has 0 saturated heterocycles. The standard InChI is InChI=1S/C34H25P/c1-4-14-26(15-5-1)29-24-25-32(31-21-11-10-20-30(29)31)33-22-12-13-23-34(33)35(27-16-6-2-7-17-27)28-18-8-3-9-19-28/h1-25H. The van der Waals surface area contributed by atoms with Gasteiger partial charge in [0.1, 0.15) is 0 Å². The fourth-order valence-corrected chi connectivity index (χ4v) is 7.35. The summed E-state index contributed by atoms with van der Waals surface area (Å²) in [6, 6.07) is 55.0.